The standard InChI is InChI=1S/C14H26N2O/c1-11(2)6-7-13-5-3-4-8-16(13)14(17)12-9-15-10-12/h11-13,15H,3-10H2,1-2H3. The summed E-state index contributed by atoms with van der Waals surface area (Å²) in [5.41, 5.74) is 0. The molecule has 2 aliphatic rings. The SMILES string of the molecule is CC(C)CCC1CCCCN1C(=O)C1CNC1. The van der Waals surface area contributed by atoms with E-state index in [-0.39, 0.29) is 5.92 Å². The number of rotatable bonds is 4. The van der Waals surface area contributed by atoms with Gasteiger partial charge in [0.05, 0.1) is 5.92 Å². The Bertz CT molecular complexity index is 261. The van der Waals surface area contributed by atoms with Gasteiger partial charge in [-0.05, 0) is 38.0 Å². The molecule has 1 amide bonds. The summed E-state index contributed by atoms with van der Waals surface area (Å²) in [5.74, 6) is 1.44. The van der Waals surface area contributed by atoms with Crippen LogP contribution in [0.4, 0.5) is 0 Å². The van der Waals surface area contributed by atoms with Gasteiger partial charge in [-0.2, -0.15) is 0 Å². The molecular formula is C14H26N2O. The van der Waals surface area contributed by atoms with E-state index in [1.807, 2.05) is 0 Å². The first kappa shape index (κ1) is 12.9. The van der Waals surface area contributed by atoms with E-state index in [0.717, 1.165) is 25.6 Å². The lowest BCUT2D eigenvalue weighted by Gasteiger charge is -2.40. The number of amides is 1. The van der Waals surface area contributed by atoms with Gasteiger partial charge in [0.2, 0.25) is 5.91 Å². The predicted octanol–water partition coefficient (Wildman–Crippen LogP) is 2.02. The van der Waals surface area contributed by atoms with Crippen molar-refractivity contribution in [2.75, 3.05) is 19.6 Å². The summed E-state index contributed by atoms with van der Waals surface area (Å²) >= 11 is 0. The molecule has 2 aliphatic heterocycles. The second-order valence-electron chi connectivity index (χ2n) is 6.01. The highest BCUT2D eigenvalue weighted by Gasteiger charge is 2.33. The third-order valence-electron chi connectivity index (χ3n) is 4.12. The second kappa shape index (κ2) is 5.85. The van der Waals surface area contributed by atoms with Gasteiger partial charge < -0.3 is 10.2 Å². The van der Waals surface area contributed by atoms with Crippen LogP contribution < -0.4 is 5.32 Å². The van der Waals surface area contributed by atoms with E-state index < -0.39 is 0 Å². The zero-order valence-electron chi connectivity index (χ0n) is 11.2. The van der Waals surface area contributed by atoms with Crippen LogP contribution in [0, 0.1) is 11.8 Å². The van der Waals surface area contributed by atoms with Crippen molar-refractivity contribution in [3.05, 3.63) is 0 Å². The second-order valence-corrected chi connectivity index (χ2v) is 6.01. The van der Waals surface area contributed by atoms with Crippen molar-refractivity contribution < 1.29 is 4.79 Å². The highest BCUT2D eigenvalue weighted by atomic mass is 16.2. The van der Waals surface area contributed by atoms with Crippen LogP contribution >= 0.6 is 0 Å². The first-order valence-corrected chi connectivity index (χ1v) is 7.19. The number of hydrogen-bond acceptors (Lipinski definition) is 2. The molecule has 1 N–H and O–H groups in total. The molecule has 0 radical (unpaired) electrons. The minimum absolute atomic E-state index is 0.273. The van der Waals surface area contributed by atoms with Gasteiger partial charge in [0, 0.05) is 25.7 Å². The summed E-state index contributed by atoms with van der Waals surface area (Å²) < 4.78 is 0. The van der Waals surface area contributed by atoms with Crippen LogP contribution in [0.2, 0.25) is 0 Å². The third kappa shape index (κ3) is 3.21. The quantitative estimate of drug-likeness (QED) is 0.812. The van der Waals surface area contributed by atoms with Crippen molar-refractivity contribution >= 4 is 5.91 Å². The van der Waals surface area contributed by atoms with Gasteiger partial charge >= 0.3 is 0 Å². The molecule has 98 valence electrons. The Balaban J connectivity index is 1.88. The lowest BCUT2D eigenvalue weighted by atomic mass is 9.92. The number of nitrogens with one attached hydrogen (secondary N) is 1. The minimum atomic E-state index is 0.273. The fourth-order valence-corrected chi connectivity index (χ4v) is 2.81. The molecule has 0 aromatic rings. The summed E-state index contributed by atoms with van der Waals surface area (Å²) in [4.78, 5) is 14.5. The minimum Gasteiger partial charge on any atom is -0.339 e. The molecule has 3 heteroatoms. The monoisotopic (exact) mass is 238 g/mol. The highest BCUT2D eigenvalue weighted by Crippen LogP contribution is 2.25. The largest absolute Gasteiger partial charge is 0.339 e. The number of carbonyl (C=O) groups excluding carboxylic acids is 1. The van der Waals surface area contributed by atoms with Crippen LogP contribution in [0.25, 0.3) is 0 Å². The first-order chi connectivity index (χ1) is 8.18. The predicted molar refractivity (Wildman–Crippen MR) is 69.8 cm³/mol. The number of hydrogen-bond donors (Lipinski definition) is 1. The van der Waals surface area contributed by atoms with Gasteiger partial charge in [-0.15, -0.1) is 0 Å². The summed E-state index contributed by atoms with van der Waals surface area (Å²) in [6, 6.07) is 0.527. The van der Waals surface area contributed by atoms with E-state index in [1.165, 1.54) is 32.1 Å². The lowest BCUT2D eigenvalue weighted by Crippen LogP contribution is -2.55. The molecule has 17 heavy (non-hydrogen) atoms. The Morgan fingerprint density at radius 2 is 2.12 bits per heavy atom. The number of carbonyl (C=O) groups is 1. The Morgan fingerprint density at radius 3 is 2.71 bits per heavy atom. The molecule has 0 aromatic carbocycles. The molecule has 0 aromatic heterocycles. The van der Waals surface area contributed by atoms with Crippen LogP contribution in [0.5, 0.6) is 0 Å². The van der Waals surface area contributed by atoms with Gasteiger partial charge in [-0.1, -0.05) is 13.8 Å². The van der Waals surface area contributed by atoms with Crippen molar-refractivity contribution in [1.29, 1.82) is 0 Å². The van der Waals surface area contributed by atoms with Gasteiger partial charge in [0.15, 0.2) is 0 Å². The normalized spacial score (nSPS) is 26.1. The van der Waals surface area contributed by atoms with Crippen molar-refractivity contribution in [3.8, 4) is 0 Å². The molecule has 2 fully saturated rings. The maximum Gasteiger partial charge on any atom is 0.228 e. The topological polar surface area (TPSA) is 32.3 Å². The zero-order chi connectivity index (χ0) is 12.3. The van der Waals surface area contributed by atoms with E-state index >= 15 is 0 Å². The maximum absolute atomic E-state index is 12.3. The smallest absolute Gasteiger partial charge is 0.228 e. The van der Waals surface area contributed by atoms with Crippen LogP contribution in [0.1, 0.15) is 46.0 Å². The molecule has 0 saturated carbocycles. The fourth-order valence-electron chi connectivity index (χ4n) is 2.81. The molecule has 1 atom stereocenters. The molecule has 2 rings (SSSR count). The first-order valence-electron chi connectivity index (χ1n) is 7.19. The van der Waals surface area contributed by atoms with E-state index in [4.69, 9.17) is 0 Å². The third-order valence-corrected chi connectivity index (χ3v) is 4.12. The molecule has 2 saturated heterocycles. The molecular weight excluding hydrogens is 212 g/mol. The van der Waals surface area contributed by atoms with Crippen molar-refractivity contribution in [1.82, 2.24) is 10.2 Å². The van der Waals surface area contributed by atoms with E-state index in [9.17, 15) is 4.79 Å². The van der Waals surface area contributed by atoms with Gasteiger partial charge in [-0.3, -0.25) is 4.79 Å². The average molecular weight is 238 g/mol. The lowest BCUT2D eigenvalue weighted by molar-refractivity contribution is -0.141. The van der Waals surface area contributed by atoms with E-state index in [0.29, 0.717) is 11.9 Å². The molecule has 3 nitrogen and oxygen atoms in total. The molecule has 0 bridgehead atoms. The van der Waals surface area contributed by atoms with Crippen LogP contribution in [-0.2, 0) is 4.79 Å². The number of piperidine rings is 1. The summed E-state index contributed by atoms with van der Waals surface area (Å²) in [5, 5.41) is 3.20. The zero-order valence-corrected chi connectivity index (χ0v) is 11.2. The van der Waals surface area contributed by atoms with Crippen LogP contribution in [0.3, 0.4) is 0 Å². The Morgan fingerprint density at radius 1 is 1.35 bits per heavy atom. The Labute approximate surface area is 105 Å². The van der Waals surface area contributed by atoms with E-state index in [2.05, 4.69) is 24.1 Å². The average Bonchev–Trinajstić information content (AvgIpc) is 2.24. The molecule has 2 heterocycles. The van der Waals surface area contributed by atoms with Crippen molar-refractivity contribution in [2.45, 2.75) is 52.0 Å². The number of nitrogens with zero attached hydrogens (tertiary/aromatic N) is 1. The summed E-state index contributed by atoms with van der Waals surface area (Å²) in [6.45, 7) is 7.33. The van der Waals surface area contributed by atoms with Crippen molar-refractivity contribution in [3.63, 3.8) is 0 Å². The van der Waals surface area contributed by atoms with Gasteiger partial charge in [0.1, 0.15) is 0 Å². The van der Waals surface area contributed by atoms with Gasteiger partial charge in [0.25, 0.3) is 0 Å². The fraction of sp³-hybridized carbons (Fsp3) is 0.929. The van der Waals surface area contributed by atoms with E-state index in [1.54, 1.807) is 0 Å². The Hall–Kier alpha value is -0.570. The van der Waals surface area contributed by atoms with Crippen LogP contribution in [-0.4, -0.2) is 36.5 Å². The van der Waals surface area contributed by atoms with Crippen molar-refractivity contribution in [2.24, 2.45) is 11.8 Å². The summed E-state index contributed by atoms with van der Waals surface area (Å²) in [7, 11) is 0. The number of likely N-dealkylation sites (tertiary alicyclic amines) is 1. The maximum atomic E-state index is 12.3. The molecule has 1 unspecified atom stereocenters. The van der Waals surface area contributed by atoms with Crippen LogP contribution in [0.15, 0.2) is 0 Å². The molecule has 0 aliphatic carbocycles. The summed E-state index contributed by atoms with van der Waals surface area (Å²) in [6.07, 6.45) is 6.17. The Kier molecular flexibility index (Phi) is 4.43. The highest BCUT2D eigenvalue weighted by molar-refractivity contribution is 5.80. The molecule has 0 spiro atoms. The van der Waals surface area contributed by atoms with Gasteiger partial charge in [-0.25, -0.2) is 0 Å².